The van der Waals surface area contributed by atoms with Gasteiger partial charge in [-0.05, 0) is 34.5 Å². The number of nitrogens with two attached hydrogens (primary N) is 1. The van der Waals surface area contributed by atoms with Crippen molar-refractivity contribution in [1.29, 1.82) is 0 Å². The summed E-state index contributed by atoms with van der Waals surface area (Å²) in [6.07, 6.45) is 1.30. The maximum atomic E-state index is 14.1. The van der Waals surface area contributed by atoms with E-state index < -0.39 is 11.8 Å². The van der Waals surface area contributed by atoms with E-state index in [2.05, 4.69) is 25.7 Å². The lowest BCUT2D eigenvalue weighted by Gasteiger charge is -2.10. The van der Waals surface area contributed by atoms with Gasteiger partial charge < -0.3 is 10.5 Å². The molecule has 2 aromatic rings. The van der Waals surface area contributed by atoms with Gasteiger partial charge in [0.15, 0.2) is 0 Å². The van der Waals surface area contributed by atoms with Crippen molar-refractivity contribution >= 4 is 38.5 Å². The average molecular weight is 313 g/mol. The second-order valence-corrected chi connectivity index (χ2v) is 4.64. The number of anilines is 1. The van der Waals surface area contributed by atoms with E-state index in [0.29, 0.717) is 5.52 Å². The van der Waals surface area contributed by atoms with Crippen LogP contribution in [0, 0.1) is 12.7 Å². The summed E-state index contributed by atoms with van der Waals surface area (Å²) < 4.78 is 18.9. The van der Waals surface area contributed by atoms with Gasteiger partial charge in [0.1, 0.15) is 11.4 Å². The van der Waals surface area contributed by atoms with Gasteiger partial charge in [-0.1, -0.05) is 0 Å². The summed E-state index contributed by atoms with van der Waals surface area (Å²) in [6.45, 7) is 1.79. The van der Waals surface area contributed by atoms with Crippen molar-refractivity contribution in [1.82, 2.24) is 4.98 Å². The van der Waals surface area contributed by atoms with Crippen molar-refractivity contribution in [2.75, 3.05) is 12.8 Å². The third-order valence-electron chi connectivity index (χ3n) is 2.67. The molecule has 0 atom stereocenters. The zero-order valence-electron chi connectivity index (χ0n) is 9.75. The molecule has 1 heterocycles. The maximum absolute atomic E-state index is 14.1. The third kappa shape index (κ3) is 1.82. The van der Waals surface area contributed by atoms with Gasteiger partial charge in [0.2, 0.25) is 0 Å². The number of rotatable bonds is 1. The molecule has 1 aromatic heterocycles. The van der Waals surface area contributed by atoms with Gasteiger partial charge in [0.05, 0.1) is 28.2 Å². The number of benzene rings is 1. The van der Waals surface area contributed by atoms with Gasteiger partial charge in [0.25, 0.3) is 0 Å². The monoisotopic (exact) mass is 312 g/mol. The molecule has 0 saturated carbocycles. The molecule has 0 radical (unpaired) electrons. The van der Waals surface area contributed by atoms with Gasteiger partial charge in [-0.15, -0.1) is 0 Å². The first-order chi connectivity index (χ1) is 8.47. The van der Waals surface area contributed by atoms with Crippen LogP contribution in [0.1, 0.15) is 15.9 Å². The van der Waals surface area contributed by atoms with Crippen LogP contribution in [-0.4, -0.2) is 18.1 Å². The highest BCUT2D eigenvalue weighted by atomic mass is 79.9. The number of hydrogen-bond donors (Lipinski definition) is 1. The molecule has 6 heteroatoms. The molecule has 0 bridgehead atoms. The molecular formula is C12H10BrFN2O2. The number of ether oxygens (including phenoxy) is 1. The fraction of sp³-hybridized carbons (Fsp3) is 0.167. The number of aryl methyl sites for hydroxylation is 1. The molecule has 0 aliphatic heterocycles. The molecule has 0 unspecified atom stereocenters. The van der Waals surface area contributed by atoms with Crippen LogP contribution in [0.5, 0.6) is 0 Å². The quantitative estimate of drug-likeness (QED) is 0.822. The summed E-state index contributed by atoms with van der Waals surface area (Å²) in [5, 5.41) is 0.129. The van der Waals surface area contributed by atoms with Crippen LogP contribution >= 0.6 is 15.9 Å². The third-order valence-corrected chi connectivity index (χ3v) is 3.25. The van der Waals surface area contributed by atoms with Crippen LogP contribution in [0.15, 0.2) is 16.7 Å². The first kappa shape index (κ1) is 12.8. The van der Waals surface area contributed by atoms with Crippen LogP contribution in [-0.2, 0) is 4.74 Å². The van der Waals surface area contributed by atoms with Crippen molar-refractivity contribution in [3.05, 3.63) is 33.7 Å². The molecule has 0 aliphatic carbocycles. The maximum Gasteiger partial charge on any atom is 0.341 e. The number of halogens is 2. The molecule has 18 heavy (non-hydrogen) atoms. The Morgan fingerprint density at radius 2 is 2.22 bits per heavy atom. The minimum Gasteiger partial charge on any atom is -0.465 e. The fourth-order valence-corrected chi connectivity index (χ4v) is 2.30. The highest BCUT2D eigenvalue weighted by Crippen LogP contribution is 2.32. The van der Waals surface area contributed by atoms with Gasteiger partial charge in [-0.2, -0.15) is 0 Å². The van der Waals surface area contributed by atoms with Crippen LogP contribution < -0.4 is 5.73 Å². The summed E-state index contributed by atoms with van der Waals surface area (Å²) in [6, 6.07) is 1.61. The molecule has 2 N–H and O–H groups in total. The number of pyridine rings is 1. The van der Waals surface area contributed by atoms with E-state index in [1.54, 1.807) is 13.0 Å². The number of methoxy groups -OCH3 is 1. The normalized spacial score (nSPS) is 10.7. The second-order valence-electron chi connectivity index (χ2n) is 3.79. The molecule has 1 aromatic carbocycles. The Bertz CT molecular complexity index is 658. The van der Waals surface area contributed by atoms with Crippen molar-refractivity contribution in [2.24, 2.45) is 0 Å². The molecule has 4 nitrogen and oxygen atoms in total. The highest BCUT2D eigenvalue weighted by Gasteiger charge is 2.18. The Balaban J connectivity index is 2.89. The van der Waals surface area contributed by atoms with Crippen molar-refractivity contribution < 1.29 is 13.9 Å². The molecule has 0 aliphatic rings. The minimum absolute atomic E-state index is 0.0359. The molecule has 0 fully saturated rings. The zero-order valence-corrected chi connectivity index (χ0v) is 11.3. The minimum atomic E-state index is -0.640. The topological polar surface area (TPSA) is 65.2 Å². The SMILES string of the molecule is COC(=O)c1cnc2c(C)cc(Br)c(F)c2c1N. The van der Waals surface area contributed by atoms with Crippen molar-refractivity contribution in [3.8, 4) is 0 Å². The number of carbonyl (C=O) groups excluding carboxylic acids is 1. The van der Waals surface area contributed by atoms with E-state index in [1.165, 1.54) is 13.3 Å². The average Bonchev–Trinajstić information content (AvgIpc) is 2.35. The fourth-order valence-electron chi connectivity index (χ4n) is 1.76. The highest BCUT2D eigenvalue weighted by molar-refractivity contribution is 9.10. The van der Waals surface area contributed by atoms with E-state index in [4.69, 9.17) is 5.73 Å². The van der Waals surface area contributed by atoms with Gasteiger partial charge in [0, 0.05) is 6.20 Å². The summed E-state index contributed by atoms with van der Waals surface area (Å²) in [7, 11) is 1.23. The van der Waals surface area contributed by atoms with E-state index in [-0.39, 0.29) is 21.1 Å². The Kier molecular flexibility index (Phi) is 3.21. The molecular weight excluding hydrogens is 303 g/mol. The number of nitrogen functional groups attached to an aromatic ring is 1. The lowest BCUT2D eigenvalue weighted by atomic mass is 10.1. The number of fused-ring (bicyclic) bond motifs is 1. The predicted molar refractivity (Wildman–Crippen MR) is 69.9 cm³/mol. The summed E-state index contributed by atoms with van der Waals surface area (Å²) in [5.74, 6) is -1.18. The number of aromatic nitrogens is 1. The Morgan fingerprint density at radius 1 is 1.56 bits per heavy atom. The largest absolute Gasteiger partial charge is 0.465 e. The van der Waals surface area contributed by atoms with Crippen LogP contribution in [0.2, 0.25) is 0 Å². The van der Waals surface area contributed by atoms with E-state index in [1.807, 2.05) is 0 Å². The first-order valence-corrected chi connectivity index (χ1v) is 5.87. The lowest BCUT2D eigenvalue weighted by Crippen LogP contribution is -2.08. The zero-order chi connectivity index (χ0) is 13.4. The summed E-state index contributed by atoms with van der Waals surface area (Å²) in [4.78, 5) is 15.6. The number of hydrogen-bond acceptors (Lipinski definition) is 4. The Hall–Kier alpha value is -1.69. The van der Waals surface area contributed by atoms with Gasteiger partial charge in [-0.3, -0.25) is 4.98 Å². The number of nitrogens with zero attached hydrogens (tertiary/aromatic N) is 1. The molecule has 0 saturated heterocycles. The molecule has 94 valence electrons. The standard InChI is InChI=1S/C12H10BrFN2O2/c1-5-3-7(13)9(14)8-10(15)6(12(17)18-2)4-16-11(5)8/h3-4H,1-2H3,(H2,15,16). The molecule has 0 spiro atoms. The Morgan fingerprint density at radius 3 is 2.83 bits per heavy atom. The lowest BCUT2D eigenvalue weighted by molar-refractivity contribution is 0.0601. The van der Waals surface area contributed by atoms with Crippen molar-refractivity contribution in [3.63, 3.8) is 0 Å². The smallest absolute Gasteiger partial charge is 0.341 e. The second kappa shape index (κ2) is 4.53. The Labute approximate surface area is 111 Å². The van der Waals surface area contributed by atoms with Gasteiger partial charge in [-0.25, -0.2) is 9.18 Å². The number of carbonyl (C=O) groups is 1. The van der Waals surface area contributed by atoms with E-state index in [9.17, 15) is 9.18 Å². The van der Waals surface area contributed by atoms with E-state index >= 15 is 0 Å². The number of esters is 1. The van der Waals surface area contributed by atoms with Crippen LogP contribution in [0.3, 0.4) is 0 Å². The summed E-state index contributed by atoms with van der Waals surface area (Å²) >= 11 is 3.11. The predicted octanol–water partition coefficient (Wildman–Crippen LogP) is 2.81. The molecule has 0 amide bonds. The first-order valence-electron chi connectivity index (χ1n) is 5.08. The van der Waals surface area contributed by atoms with Gasteiger partial charge >= 0.3 is 5.97 Å². The summed E-state index contributed by atoms with van der Waals surface area (Å²) in [5.41, 5.74) is 7.12. The van der Waals surface area contributed by atoms with Crippen LogP contribution in [0.4, 0.5) is 10.1 Å². The van der Waals surface area contributed by atoms with Crippen LogP contribution in [0.25, 0.3) is 10.9 Å². The van der Waals surface area contributed by atoms with E-state index in [0.717, 1.165) is 5.56 Å². The van der Waals surface area contributed by atoms with Crippen molar-refractivity contribution in [2.45, 2.75) is 6.92 Å². The molecule has 2 rings (SSSR count).